The van der Waals surface area contributed by atoms with Crippen molar-refractivity contribution in [1.29, 1.82) is 0 Å². The number of hydrogen-bond acceptors (Lipinski definition) is 3. The lowest BCUT2D eigenvalue weighted by molar-refractivity contribution is -0.109. The fourth-order valence-corrected chi connectivity index (χ4v) is 2.18. The Balaban J connectivity index is 2.36. The summed E-state index contributed by atoms with van der Waals surface area (Å²) in [5.41, 5.74) is 0.959. The Morgan fingerprint density at radius 1 is 1.21 bits per heavy atom. The van der Waals surface area contributed by atoms with E-state index in [1.54, 1.807) is 14.0 Å². The summed E-state index contributed by atoms with van der Waals surface area (Å²) in [5, 5.41) is 2.21. The van der Waals surface area contributed by atoms with Gasteiger partial charge in [-0.3, -0.25) is 4.79 Å². The van der Waals surface area contributed by atoms with Crippen molar-refractivity contribution in [3.8, 4) is 17.6 Å². The molecular weight excluding hydrogens is 256 g/mol. The monoisotopic (exact) mass is 270 g/mol. The Bertz CT molecular complexity index is 665. The van der Waals surface area contributed by atoms with Gasteiger partial charge < -0.3 is 4.74 Å². The second-order valence-corrected chi connectivity index (χ2v) is 5.10. The lowest BCUT2D eigenvalue weighted by Crippen LogP contribution is -1.87. The Hall–Kier alpha value is -1.92. The Morgan fingerprint density at radius 2 is 1.95 bits per heavy atom. The van der Waals surface area contributed by atoms with Crippen LogP contribution in [0.15, 0.2) is 36.4 Å². The zero-order chi connectivity index (χ0) is 13.7. The van der Waals surface area contributed by atoms with E-state index in [1.807, 2.05) is 36.4 Å². The minimum absolute atomic E-state index is 0.0916. The number of fused-ring (bicyclic) bond motifs is 1. The summed E-state index contributed by atoms with van der Waals surface area (Å²) >= 11 is 1.23. The van der Waals surface area contributed by atoms with E-state index in [4.69, 9.17) is 4.74 Å². The van der Waals surface area contributed by atoms with E-state index in [1.165, 1.54) is 11.8 Å². The van der Waals surface area contributed by atoms with Crippen LogP contribution in [0.1, 0.15) is 12.5 Å². The number of rotatable bonds is 2. The summed E-state index contributed by atoms with van der Waals surface area (Å²) in [6.07, 6.45) is 0. The molecule has 0 spiro atoms. The molecule has 0 atom stereocenters. The van der Waals surface area contributed by atoms with Crippen LogP contribution in [0.4, 0.5) is 0 Å². The van der Waals surface area contributed by atoms with E-state index in [-0.39, 0.29) is 5.12 Å². The highest BCUT2D eigenvalue weighted by molar-refractivity contribution is 8.13. The first-order valence-electron chi connectivity index (χ1n) is 5.90. The first kappa shape index (κ1) is 13.5. The summed E-state index contributed by atoms with van der Waals surface area (Å²) in [5.74, 6) is 7.50. The van der Waals surface area contributed by atoms with Crippen LogP contribution >= 0.6 is 11.8 Å². The van der Waals surface area contributed by atoms with Gasteiger partial charge in [0, 0.05) is 23.3 Å². The van der Waals surface area contributed by atoms with Crippen LogP contribution in [0, 0.1) is 11.8 Å². The second kappa shape index (κ2) is 6.31. The summed E-state index contributed by atoms with van der Waals surface area (Å²) in [4.78, 5) is 10.8. The molecule has 2 nitrogen and oxygen atoms in total. The zero-order valence-electron chi connectivity index (χ0n) is 10.9. The number of thioether (sulfide) groups is 1. The number of methoxy groups -OCH3 is 1. The SMILES string of the molecule is COc1ccc(C#CCSC(C)=O)c2ccccc12. The highest BCUT2D eigenvalue weighted by atomic mass is 32.2. The third-order valence-corrected chi connectivity index (χ3v) is 3.37. The summed E-state index contributed by atoms with van der Waals surface area (Å²) in [6, 6.07) is 11.9. The third kappa shape index (κ3) is 3.30. The Morgan fingerprint density at radius 3 is 2.63 bits per heavy atom. The lowest BCUT2D eigenvalue weighted by atomic mass is 10.0. The normalized spacial score (nSPS) is 9.79. The van der Waals surface area contributed by atoms with E-state index >= 15 is 0 Å². The van der Waals surface area contributed by atoms with Gasteiger partial charge in [0.05, 0.1) is 12.9 Å². The molecule has 0 radical (unpaired) electrons. The molecule has 0 aliphatic rings. The fraction of sp³-hybridized carbons (Fsp3) is 0.188. The van der Waals surface area contributed by atoms with Crippen LogP contribution in [-0.4, -0.2) is 18.0 Å². The smallest absolute Gasteiger partial charge is 0.186 e. The van der Waals surface area contributed by atoms with Crippen molar-refractivity contribution < 1.29 is 9.53 Å². The van der Waals surface area contributed by atoms with E-state index in [0.717, 1.165) is 22.1 Å². The van der Waals surface area contributed by atoms with E-state index in [0.29, 0.717) is 5.75 Å². The van der Waals surface area contributed by atoms with Crippen LogP contribution < -0.4 is 4.74 Å². The summed E-state index contributed by atoms with van der Waals surface area (Å²) < 4.78 is 5.34. The first-order chi connectivity index (χ1) is 9.22. The quantitative estimate of drug-likeness (QED) is 0.782. The highest BCUT2D eigenvalue weighted by Gasteiger charge is 2.03. The zero-order valence-corrected chi connectivity index (χ0v) is 11.7. The predicted molar refractivity (Wildman–Crippen MR) is 80.5 cm³/mol. The summed E-state index contributed by atoms with van der Waals surface area (Å²) in [7, 11) is 1.66. The standard InChI is InChI=1S/C16H14O2S/c1-12(17)19-11-5-6-13-9-10-16(18-2)15-8-4-3-7-14(13)15/h3-4,7-10H,11H2,1-2H3. The van der Waals surface area contributed by atoms with Crippen molar-refractivity contribution in [1.82, 2.24) is 0 Å². The molecule has 0 bridgehead atoms. The van der Waals surface area contributed by atoms with Gasteiger partial charge in [-0.25, -0.2) is 0 Å². The second-order valence-electron chi connectivity index (χ2n) is 3.94. The Labute approximate surface area is 117 Å². The lowest BCUT2D eigenvalue weighted by Gasteiger charge is -2.06. The number of hydrogen-bond donors (Lipinski definition) is 0. The molecule has 0 aliphatic heterocycles. The fourth-order valence-electron chi connectivity index (χ4n) is 1.83. The van der Waals surface area contributed by atoms with E-state index in [9.17, 15) is 4.79 Å². The van der Waals surface area contributed by atoms with Gasteiger partial charge in [0.25, 0.3) is 0 Å². The molecule has 0 unspecified atom stereocenters. The number of ether oxygens (including phenoxy) is 1. The molecule has 0 N–H and O–H groups in total. The molecule has 0 fully saturated rings. The van der Waals surface area contributed by atoms with Crippen molar-refractivity contribution in [3.05, 3.63) is 42.0 Å². The molecule has 0 amide bonds. The van der Waals surface area contributed by atoms with Crippen molar-refractivity contribution in [3.63, 3.8) is 0 Å². The molecule has 3 heteroatoms. The summed E-state index contributed by atoms with van der Waals surface area (Å²) in [6.45, 7) is 1.55. The van der Waals surface area contributed by atoms with Gasteiger partial charge in [-0.2, -0.15) is 0 Å². The van der Waals surface area contributed by atoms with E-state index in [2.05, 4.69) is 11.8 Å². The van der Waals surface area contributed by atoms with Crippen molar-refractivity contribution in [2.75, 3.05) is 12.9 Å². The minimum Gasteiger partial charge on any atom is -0.496 e. The number of benzene rings is 2. The highest BCUT2D eigenvalue weighted by Crippen LogP contribution is 2.27. The molecule has 96 valence electrons. The molecule has 0 aromatic heterocycles. The average molecular weight is 270 g/mol. The van der Waals surface area contributed by atoms with Crippen molar-refractivity contribution in [2.24, 2.45) is 0 Å². The molecule has 19 heavy (non-hydrogen) atoms. The van der Waals surface area contributed by atoms with Gasteiger partial charge >= 0.3 is 0 Å². The van der Waals surface area contributed by atoms with Gasteiger partial charge in [-0.1, -0.05) is 47.9 Å². The molecule has 2 aromatic carbocycles. The maximum absolute atomic E-state index is 10.8. The van der Waals surface area contributed by atoms with Crippen LogP contribution in [0.2, 0.25) is 0 Å². The van der Waals surface area contributed by atoms with Gasteiger partial charge in [0.15, 0.2) is 5.12 Å². The number of carbonyl (C=O) groups is 1. The van der Waals surface area contributed by atoms with Crippen LogP contribution in [0.25, 0.3) is 10.8 Å². The average Bonchev–Trinajstić information content (AvgIpc) is 2.43. The molecular formula is C16H14O2S. The molecule has 0 saturated heterocycles. The Kier molecular flexibility index (Phi) is 4.48. The molecule has 0 aliphatic carbocycles. The van der Waals surface area contributed by atoms with Gasteiger partial charge in [-0.15, -0.1) is 0 Å². The third-order valence-electron chi connectivity index (χ3n) is 2.67. The molecule has 0 saturated carbocycles. The minimum atomic E-state index is 0.0916. The molecule has 0 heterocycles. The van der Waals surface area contributed by atoms with Gasteiger partial charge in [-0.05, 0) is 12.1 Å². The van der Waals surface area contributed by atoms with Gasteiger partial charge in [0.2, 0.25) is 0 Å². The molecule has 2 rings (SSSR count). The first-order valence-corrected chi connectivity index (χ1v) is 6.89. The largest absolute Gasteiger partial charge is 0.496 e. The van der Waals surface area contributed by atoms with Crippen LogP contribution in [0.3, 0.4) is 0 Å². The maximum Gasteiger partial charge on any atom is 0.186 e. The maximum atomic E-state index is 10.8. The van der Waals surface area contributed by atoms with Crippen molar-refractivity contribution >= 4 is 27.6 Å². The predicted octanol–water partition coefficient (Wildman–Crippen LogP) is 3.48. The molecule has 2 aromatic rings. The number of carbonyl (C=O) groups excluding carboxylic acids is 1. The van der Waals surface area contributed by atoms with E-state index < -0.39 is 0 Å². The van der Waals surface area contributed by atoms with Crippen LogP contribution in [-0.2, 0) is 4.79 Å². The van der Waals surface area contributed by atoms with Gasteiger partial charge in [0.1, 0.15) is 5.75 Å². The topological polar surface area (TPSA) is 26.3 Å². The van der Waals surface area contributed by atoms with Crippen LogP contribution in [0.5, 0.6) is 5.75 Å². The van der Waals surface area contributed by atoms with Crippen molar-refractivity contribution in [2.45, 2.75) is 6.92 Å².